The van der Waals surface area contributed by atoms with E-state index in [1.165, 1.54) is 11.3 Å². The number of aliphatic hydroxyl groups is 1. The van der Waals surface area contributed by atoms with Gasteiger partial charge in [-0.15, -0.1) is 11.3 Å². The van der Waals surface area contributed by atoms with Crippen LogP contribution in [0.15, 0.2) is 18.5 Å². The summed E-state index contributed by atoms with van der Waals surface area (Å²) in [7, 11) is 2.12. The molecule has 2 fully saturated rings. The molecular formula is C23H30ClN5O2S. The van der Waals surface area contributed by atoms with Gasteiger partial charge in [0.15, 0.2) is 0 Å². The van der Waals surface area contributed by atoms with Crippen molar-refractivity contribution in [3.63, 3.8) is 0 Å². The number of piperazine rings is 1. The second kappa shape index (κ2) is 8.89. The lowest BCUT2D eigenvalue weighted by Gasteiger charge is -2.39. The van der Waals surface area contributed by atoms with Crippen LogP contribution in [0, 0.1) is 0 Å². The molecule has 1 amide bonds. The normalized spacial score (nSPS) is 27.1. The summed E-state index contributed by atoms with van der Waals surface area (Å²) in [6, 6.07) is 4.15. The van der Waals surface area contributed by atoms with Crippen LogP contribution >= 0.6 is 22.9 Å². The summed E-state index contributed by atoms with van der Waals surface area (Å²) in [6.45, 7) is 5.95. The number of hydrogen-bond donors (Lipinski definition) is 1. The van der Waals surface area contributed by atoms with Gasteiger partial charge in [0, 0.05) is 42.7 Å². The van der Waals surface area contributed by atoms with Crippen molar-refractivity contribution >= 4 is 34.7 Å². The van der Waals surface area contributed by atoms with Crippen LogP contribution in [-0.4, -0.2) is 76.6 Å². The maximum atomic E-state index is 13.8. The van der Waals surface area contributed by atoms with Crippen molar-refractivity contribution in [2.45, 2.75) is 50.2 Å². The highest BCUT2D eigenvalue weighted by Gasteiger charge is 2.40. The molecule has 1 N–H and O–H groups in total. The number of halogens is 1. The monoisotopic (exact) mass is 475 g/mol. The number of fused-ring (bicyclic) bond motifs is 1. The number of aliphatic hydroxyl groups excluding tert-OH is 1. The average Bonchev–Trinajstić information content (AvgIpc) is 3.49. The van der Waals surface area contributed by atoms with Crippen LogP contribution in [0.4, 0.5) is 5.82 Å². The lowest BCUT2D eigenvalue weighted by atomic mass is 9.94. The molecule has 3 aliphatic rings. The smallest absolute Gasteiger partial charge is 0.232 e. The van der Waals surface area contributed by atoms with E-state index in [0.717, 1.165) is 58.8 Å². The Morgan fingerprint density at radius 1 is 1.22 bits per heavy atom. The Balaban J connectivity index is 1.33. The Morgan fingerprint density at radius 2 is 2.00 bits per heavy atom. The molecule has 5 rings (SSSR count). The SMILES string of the molecule is C[C@@H]1C[C@@H](O)c2ncnc(N3CCN(C(=O)[C@@H](c4ccc(Cl)s4)C4CCCN4C)CC3)c21. The molecule has 2 aliphatic heterocycles. The van der Waals surface area contributed by atoms with Gasteiger partial charge in [0.05, 0.1) is 22.1 Å². The van der Waals surface area contributed by atoms with Gasteiger partial charge in [-0.3, -0.25) is 4.79 Å². The van der Waals surface area contributed by atoms with E-state index in [9.17, 15) is 9.90 Å². The molecule has 4 heterocycles. The summed E-state index contributed by atoms with van der Waals surface area (Å²) < 4.78 is 0.734. The maximum absolute atomic E-state index is 13.8. The van der Waals surface area contributed by atoms with Crippen molar-refractivity contribution in [3.05, 3.63) is 38.9 Å². The standard InChI is InChI=1S/C23H30ClN5O2S/c1-14-12-16(30)21-19(14)22(26-13-25-21)28-8-10-29(11-9-28)23(31)20(15-4-3-7-27(15)2)17-5-6-18(24)32-17/h5-6,13-16,20,30H,3-4,7-12H2,1-2H3/t14-,15?,16-,20-/m1/s1. The second-order valence-electron chi connectivity index (χ2n) is 9.27. The molecule has 2 aromatic heterocycles. The van der Waals surface area contributed by atoms with E-state index in [1.807, 2.05) is 17.0 Å². The van der Waals surface area contributed by atoms with Crippen LogP contribution in [0.25, 0.3) is 0 Å². The average molecular weight is 476 g/mol. The third-order valence-electron chi connectivity index (χ3n) is 7.30. The van der Waals surface area contributed by atoms with Gasteiger partial charge in [-0.25, -0.2) is 9.97 Å². The highest BCUT2D eigenvalue weighted by Crippen LogP contribution is 2.43. The number of anilines is 1. The summed E-state index contributed by atoms with van der Waals surface area (Å²) in [4.78, 5) is 30.3. The van der Waals surface area contributed by atoms with E-state index >= 15 is 0 Å². The minimum atomic E-state index is -0.508. The van der Waals surface area contributed by atoms with Gasteiger partial charge in [0.25, 0.3) is 0 Å². The third-order valence-corrected chi connectivity index (χ3v) is 8.61. The number of aromatic nitrogens is 2. The van der Waals surface area contributed by atoms with Gasteiger partial charge >= 0.3 is 0 Å². The molecule has 0 bridgehead atoms. The molecule has 0 saturated carbocycles. The molecule has 32 heavy (non-hydrogen) atoms. The van der Waals surface area contributed by atoms with Crippen LogP contribution in [0.3, 0.4) is 0 Å². The molecular weight excluding hydrogens is 446 g/mol. The van der Waals surface area contributed by atoms with Crippen LogP contribution in [0.5, 0.6) is 0 Å². The Kier molecular flexibility index (Phi) is 6.13. The number of nitrogens with zero attached hydrogens (tertiary/aromatic N) is 5. The Bertz CT molecular complexity index is 993. The highest BCUT2D eigenvalue weighted by molar-refractivity contribution is 7.16. The van der Waals surface area contributed by atoms with E-state index in [2.05, 4.69) is 33.7 Å². The topological polar surface area (TPSA) is 72.8 Å². The first-order chi connectivity index (χ1) is 15.4. The maximum Gasteiger partial charge on any atom is 0.232 e. The first-order valence-corrected chi connectivity index (χ1v) is 12.7. The molecule has 1 aliphatic carbocycles. The van der Waals surface area contributed by atoms with E-state index in [1.54, 1.807) is 6.33 Å². The van der Waals surface area contributed by atoms with Crippen molar-refractivity contribution in [2.24, 2.45) is 0 Å². The number of carbonyl (C=O) groups is 1. The Labute approximate surface area is 198 Å². The molecule has 0 spiro atoms. The first-order valence-electron chi connectivity index (χ1n) is 11.5. The van der Waals surface area contributed by atoms with Gasteiger partial charge in [0.2, 0.25) is 5.91 Å². The second-order valence-corrected chi connectivity index (χ2v) is 11.0. The molecule has 0 aromatic carbocycles. The number of rotatable bonds is 4. The highest BCUT2D eigenvalue weighted by atomic mass is 35.5. The molecule has 172 valence electrons. The number of amides is 1. The molecule has 2 saturated heterocycles. The molecule has 0 radical (unpaired) electrons. The zero-order valence-electron chi connectivity index (χ0n) is 18.6. The van der Waals surface area contributed by atoms with E-state index in [4.69, 9.17) is 11.6 Å². The summed E-state index contributed by atoms with van der Waals surface area (Å²) >= 11 is 7.77. The molecule has 2 aromatic rings. The van der Waals surface area contributed by atoms with E-state index in [-0.39, 0.29) is 23.8 Å². The summed E-state index contributed by atoms with van der Waals surface area (Å²) in [6.07, 6.45) is 3.90. The number of hydrogen-bond acceptors (Lipinski definition) is 7. The van der Waals surface area contributed by atoms with Gasteiger partial charge in [-0.05, 0) is 50.9 Å². The Hall–Kier alpha value is -1.74. The molecule has 1 unspecified atom stereocenters. The molecule has 7 nitrogen and oxygen atoms in total. The fourth-order valence-electron chi connectivity index (χ4n) is 5.62. The summed E-state index contributed by atoms with van der Waals surface area (Å²) in [5.74, 6) is 1.20. The van der Waals surface area contributed by atoms with Crippen molar-refractivity contribution in [1.29, 1.82) is 0 Å². The number of likely N-dealkylation sites (N-methyl/N-ethyl adjacent to an activating group) is 1. The quantitative estimate of drug-likeness (QED) is 0.731. The largest absolute Gasteiger partial charge is 0.387 e. The summed E-state index contributed by atoms with van der Waals surface area (Å²) in [5.41, 5.74) is 1.83. The minimum Gasteiger partial charge on any atom is -0.387 e. The van der Waals surface area contributed by atoms with Crippen molar-refractivity contribution in [3.8, 4) is 0 Å². The van der Waals surface area contributed by atoms with E-state index in [0.29, 0.717) is 19.5 Å². The van der Waals surface area contributed by atoms with Gasteiger partial charge in [-0.2, -0.15) is 0 Å². The number of likely N-dealkylation sites (tertiary alicyclic amines) is 1. The molecule has 9 heteroatoms. The van der Waals surface area contributed by atoms with Gasteiger partial charge < -0.3 is 19.8 Å². The summed E-state index contributed by atoms with van der Waals surface area (Å²) in [5, 5.41) is 10.3. The van der Waals surface area contributed by atoms with Crippen LogP contribution in [-0.2, 0) is 4.79 Å². The zero-order chi connectivity index (χ0) is 22.4. The number of carbonyl (C=O) groups excluding carboxylic acids is 1. The van der Waals surface area contributed by atoms with Crippen molar-refractivity contribution < 1.29 is 9.90 Å². The van der Waals surface area contributed by atoms with Crippen LogP contribution < -0.4 is 4.90 Å². The van der Waals surface area contributed by atoms with Gasteiger partial charge in [-0.1, -0.05) is 18.5 Å². The lowest BCUT2D eigenvalue weighted by molar-refractivity contribution is -0.134. The lowest BCUT2D eigenvalue weighted by Crippen LogP contribution is -2.52. The predicted octanol–water partition coefficient (Wildman–Crippen LogP) is 3.26. The Morgan fingerprint density at radius 3 is 2.66 bits per heavy atom. The van der Waals surface area contributed by atoms with E-state index < -0.39 is 6.10 Å². The fraction of sp³-hybridized carbons (Fsp3) is 0.609. The minimum absolute atomic E-state index is 0.162. The van der Waals surface area contributed by atoms with Crippen LogP contribution in [0.1, 0.15) is 60.3 Å². The fourth-order valence-corrected chi connectivity index (χ4v) is 6.83. The van der Waals surface area contributed by atoms with Crippen molar-refractivity contribution in [1.82, 2.24) is 19.8 Å². The zero-order valence-corrected chi connectivity index (χ0v) is 20.1. The molecule has 4 atom stereocenters. The third kappa shape index (κ3) is 3.91. The number of thiophene rings is 1. The first kappa shape index (κ1) is 22.1. The van der Waals surface area contributed by atoms with Gasteiger partial charge in [0.1, 0.15) is 12.1 Å². The predicted molar refractivity (Wildman–Crippen MR) is 127 cm³/mol. The van der Waals surface area contributed by atoms with Crippen LogP contribution in [0.2, 0.25) is 4.34 Å². The van der Waals surface area contributed by atoms with Crippen molar-refractivity contribution in [2.75, 3.05) is 44.7 Å².